The second-order valence-electron chi connectivity index (χ2n) is 6.43. The lowest BCUT2D eigenvalue weighted by molar-refractivity contribution is -0.130. The lowest BCUT2D eigenvalue weighted by Gasteiger charge is -2.24. The summed E-state index contributed by atoms with van der Waals surface area (Å²) in [5, 5.41) is 4.22. The van der Waals surface area contributed by atoms with Crippen molar-refractivity contribution in [2.45, 2.75) is 19.4 Å². The van der Waals surface area contributed by atoms with Crippen LogP contribution in [0.15, 0.2) is 48.5 Å². The Morgan fingerprint density at radius 1 is 1.20 bits per heavy atom. The van der Waals surface area contributed by atoms with E-state index >= 15 is 0 Å². The Kier molecular flexibility index (Phi) is 6.63. The average molecular weight is 449 g/mol. The van der Waals surface area contributed by atoms with Crippen molar-refractivity contribution in [3.63, 3.8) is 0 Å². The number of para-hydroxylation sites is 1. The van der Waals surface area contributed by atoms with Gasteiger partial charge in [0.05, 0.1) is 17.1 Å². The first-order chi connectivity index (χ1) is 14.3. The van der Waals surface area contributed by atoms with E-state index in [0.29, 0.717) is 10.7 Å². The van der Waals surface area contributed by atoms with Crippen LogP contribution in [-0.4, -0.2) is 45.3 Å². The molecule has 0 aromatic heterocycles. The third-order valence-corrected chi connectivity index (χ3v) is 5.20. The average Bonchev–Trinajstić information content (AvgIpc) is 2.93. The van der Waals surface area contributed by atoms with Crippen molar-refractivity contribution in [1.82, 2.24) is 15.3 Å². The van der Waals surface area contributed by atoms with Gasteiger partial charge in [-0.15, -0.1) is 0 Å². The summed E-state index contributed by atoms with van der Waals surface area (Å²) < 4.78 is 13.4. The smallest absolute Gasteiger partial charge is 0.269 e. The molecule has 1 heterocycles. The number of benzene rings is 2. The first-order valence-corrected chi connectivity index (χ1v) is 9.86. The predicted molar refractivity (Wildman–Crippen MR) is 114 cm³/mol. The second kappa shape index (κ2) is 9.19. The van der Waals surface area contributed by atoms with Crippen LogP contribution in [0.25, 0.3) is 0 Å². The fourth-order valence-electron chi connectivity index (χ4n) is 2.99. The standard InChI is InChI=1S/C20H18ClFN4O3S/c1-2-25-19(29)16(11-17(27)23-15-9-4-3-8-14(15)21)26(20(25)30)24-18(28)12-6-5-7-13(22)10-12/h3-10,16H,2,11H2,1H3,(H,23,27)(H,24,28)/t16-/m1/s1. The van der Waals surface area contributed by atoms with E-state index in [9.17, 15) is 18.8 Å². The number of carbonyl (C=O) groups is 3. The van der Waals surface area contributed by atoms with E-state index in [0.717, 1.165) is 6.07 Å². The number of hydrogen-bond acceptors (Lipinski definition) is 4. The highest BCUT2D eigenvalue weighted by atomic mass is 35.5. The Balaban J connectivity index is 1.78. The molecule has 3 amide bonds. The summed E-state index contributed by atoms with van der Waals surface area (Å²) in [6.07, 6.45) is -0.274. The summed E-state index contributed by atoms with van der Waals surface area (Å²) in [7, 11) is 0. The second-order valence-corrected chi connectivity index (χ2v) is 7.21. The zero-order valence-corrected chi connectivity index (χ0v) is 17.5. The number of rotatable bonds is 6. The number of hydrazine groups is 1. The number of nitrogens with zero attached hydrogens (tertiary/aromatic N) is 2. The van der Waals surface area contributed by atoms with Gasteiger partial charge in [0, 0.05) is 12.1 Å². The van der Waals surface area contributed by atoms with Gasteiger partial charge in [0.15, 0.2) is 5.11 Å². The van der Waals surface area contributed by atoms with E-state index in [1.54, 1.807) is 31.2 Å². The molecule has 156 valence electrons. The molecule has 2 aromatic rings. The molecule has 10 heteroatoms. The molecule has 1 aliphatic rings. The van der Waals surface area contributed by atoms with Crippen LogP contribution in [0, 0.1) is 5.82 Å². The van der Waals surface area contributed by atoms with Crippen LogP contribution in [0.1, 0.15) is 23.7 Å². The number of likely N-dealkylation sites (N-methyl/N-ethyl adjacent to an activating group) is 1. The molecule has 0 unspecified atom stereocenters. The van der Waals surface area contributed by atoms with Gasteiger partial charge < -0.3 is 5.32 Å². The van der Waals surface area contributed by atoms with Gasteiger partial charge in [-0.3, -0.25) is 24.7 Å². The van der Waals surface area contributed by atoms with E-state index in [1.807, 2.05) is 0 Å². The van der Waals surface area contributed by atoms with Crippen LogP contribution in [0.5, 0.6) is 0 Å². The Morgan fingerprint density at radius 3 is 2.60 bits per heavy atom. The SMILES string of the molecule is CCN1C(=O)[C@@H](CC(=O)Nc2ccccc2Cl)N(NC(=O)c2cccc(F)c2)C1=S. The Bertz CT molecular complexity index is 1020. The van der Waals surface area contributed by atoms with Crippen molar-refractivity contribution in [2.24, 2.45) is 0 Å². The van der Waals surface area contributed by atoms with Crippen LogP contribution < -0.4 is 10.7 Å². The third kappa shape index (κ3) is 4.58. The minimum Gasteiger partial charge on any atom is -0.325 e. The monoisotopic (exact) mass is 448 g/mol. The highest BCUT2D eigenvalue weighted by Gasteiger charge is 2.44. The van der Waals surface area contributed by atoms with Gasteiger partial charge in [-0.05, 0) is 49.5 Å². The van der Waals surface area contributed by atoms with Crippen molar-refractivity contribution in [3.05, 3.63) is 64.9 Å². The van der Waals surface area contributed by atoms with Gasteiger partial charge in [0.25, 0.3) is 11.8 Å². The Morgan fingerprint density at radius 2 is 1.93 bits per heavy atom. The normalized spacial score (nSPS) is 16.0. The van der Waals surface area contributed by atoms with Crippen molar-refractivity contribution in [1.29, 1.82) is 0 Å². The maximum atomic E-state index is 13.4. The first kappa shape index (κ1) is 21.7. The van der Waals surface area contributed by atoms with E-state index in [-0.39, 0.29) is 23.6 Å². The van der Waals surface area contributed by atoms with Gasteiger partial charge in [-0.2, -0.15) is 0 Å². The van der Waals surface area contributed by atoms with Crippen LogP contribution >= 0.6 is 23.8 Å². The van der Waals surface area contributed by atoms with Crippen molar-refractivity contribution < 1.29 is 18.8 Å². The molecule has 1 fully saturated rings. The molecule has 0 saturated carbocycles. The minimum absolute atomic E-state index is 0.0551. The fraction of sp³-hybridized carbons (Fsp3) is 0.200. The van der Waals surface area contributed by atoms with Crippen LogP contribution in [0.4, 0.5) is 10.1 Å². The molecule has 7 nitrogen and oxygen atoms in total. The van der Waals surface area contributed by atoms with E-state index in [2.05, 4.69) is 10.7 Å². The number of amides is 3. The van der Waals surface area contributed by atoms with Gasteiger partial charge >= 0.3 is 0 Å². The number of halogens is 2. The van der Waals surface area contributed by atoms with Crippen LogP contribution in [0.2, 0.25) is 5.02 Å². The van der Waals surface area contributed by atoms with Crippen molar-refractivity contribution in [2.75, 3.05) is 11.9 Å². The fourth-order valence-corrected chi connectivity index (χ4v) is 3.56. The molecular weight excluding hydrogens is 431 g/mol. The number of anilines is 1. The number of hydrogen-bond donors (Lipinski definition) is 2. The first-order valence-electron chi connectivity index (χ1n) is 9.07. The number of thiocarbonyl (C=S) groups is 1. The lowest BCUT2D eigenvalue weighted by Crippen LogP contribution is -2.49. The van der Waals surface area contributed by atoms with Gasteiger partial charge in [-0.1, -0.05) is 29.8 Å². The molecule has 1 aliphatic heterocycles. The summed E-state index contributed by atoms with van der Waals surface area (Å²) in [5.74, 6) is -2.13. The molecule has 2 N–H and O–H groups in total. The van der Waals surface area contributed by atoms with Gasteiger partial charge in [0.2, 0.25) is 5.91 Å². The molecule has 0 spiro atoms. The third-order valence-electron chi connectivity index (χ3n) is 4.45. The van der Waals surface area contributed by atoms with E-state index in [4.69, 9.17) is 23.8 Å². The summed E-state index contributed by atoms with van der Waals surface area (Å²) >= 11 is 11.4. The molecule has 1 saturated heterocycles. The molecule has 0 aliphatic carbocycles. The summed E-state index contributed by atoms with van der Waals surface area (Å²) in [4.78, 5) is 39.1. The zero-order chi connectivity index (χ0) is 21.8. The Hall–Kier alpha value is -3.04. The maximum absolute atomic E-state index is 13.4. The minimum atomic E-state index is -1.04. The molecule has 3 rings (SSSR count). The van der Waals surface area contributed by atoms with Crippen molar-refractivity contribution in [3.8, 4) is 0 Å². The largest absolute Gasteiger partial charge is 0.325 e. The molecule has 1 atom stereocenters. The number of nitrogens with one attached hydrogen (secondary N) is 2. The topological polar surface area (TPSA) is 81.8 Å². The maximum Gasteiger partial charge on any atom is 0.269 e. The van der Waals surface area contributed by atoms with E-state index < -0.39 is 29.6 Å². The molecule has 0 radical (unpaired) electrons. The van der Waals surface area contributed by atoms with E-state index in [1.165, 1.54) is 28.1 Å². The van der Waals surface area contributed by atoms with Crippen molar-refractivity contribution >= 4 is 52.3 Å². The summed E-state index contributed by atoms with van der Waals surface area (Å²) in [6, 6.07) is 10.7. The number of carbonyl (C=O) groups excluding carboxylic acids is 3. The summed E-state index contributed by atoms with van der Waals surface area (Å²) in [6.45, 7) is 2.00. The Labute approximate surface area is 182 Å². The van der Waals surface area contributed by atoms with Gasteiger partial charge in [0.1, 0.15) is 11.9 Å². The summed E-state index contributed by atoms with van der Waals surface area (Å²) in [5.41, 5.74) is 2.97. The van der Waals surface area contributed by atoms with Gasteiger partial charge in [-0.25, -0.2) is 9.40 Å². The highest BCUT2D eigenvalue weighted by molar-refractivity contribution is 7.80. The molecule has 2 aromatic carbocycles. The quantitative estimate of drug-likeness (QED) is 0.664. The van der Waals surface area contributed by atoms with Crippen LogP contribution in [0.3, 0.4) is 0 Å². The lowest BCUT2D eigenvalue weighted by atomic mass is 10.1. The zero-order valence-electron chi connectivity index (χ0n) is 15.9. The molecule has 0 bridgehead atoms. The molecular formula is C20H18ClFN4O3S. The molecule has 30 heavy (non-hydrogen) atoms. The van der Waals surface area contributed by atoms with Crippen LogP contribution in [-0.2, 0) is 9.59 Å². The predicted octanol–water partition coefficient (Wildman–Crippen LogP) is 2.97. The highest BCUT2D eigenvalue weighted by Crippen LogP contribution is 2.23.